The first-order valence-electron chi connectivity index (χ1n) is 12.1. The summed E-state index contributed by atoms with van der Waals surface area (Å²) in [5.41, 5.74) is 4.14. The second-order valence-corrected chi connectivity index (χ2v) is 8.98. The van der Waals surface area contributed by atoms with Gasteiger partial charge in [0.1, 0.15) is 17.2 Å². The van der Waals surface area contributed by atoms with Crippen LogP contribution in [-0.2, 0) is 0 Å². The molecule has 0 radical (unpaired) electrons. The van der Waals surface area contributed by atoms with Gasteiger partial charge in [-0.25, -0.2) is 4.68 Å². The first kappa shape index (κ1) is 25.1. The largest absolute Gasteiger partial charge is 0.497 e. The van der Waals surface area contributed by atoms with Crippen molar-refractivity contribution >= 4 is 17.5 Å². The van der Waals surface area contributed by atoms with Crippen molar-refractivity contribution in [3.05, 3.63) is 131 Å². The maximum absolute atomic E-state index is 13.9. The van der Waals surface area contributed by atoms with Crippen LogP contribution >= 0.6 is 11.6 Å². The number of methoxy groups -OCH3 is 2. The minimum atomic E-state index is -0.363. The maximum Gasteiger partial charge on any atom is 0.270 e. The van der Waals surface area contributed by atoms with Gasteiger partial charge in [-0.15, -0.1) is 0 Å². The van der Waals surface area contributed by atoms with Crippen LogP contribution in [-0.4, -0.2) is 29.9 Å². The number of aromatic nitrogens is 2. The van der Waals surface area contributed by atoms with E-state index in [0.29, 0.717) is 33.6 Å². The molecule has 4 aromatic carbocycles. The third kappa shape index (κ3) is 5.12. The zero-order valence-electron chi connectivity index (χ0n) is 21.0. The second kappa shape index (κ2) is 11.2. The lowest BCUT2D eigenvalue weighted by atomic mass is 9.98. The highest BCUT2D eigenvalue weighted by atomic mass is 35.5. The Morgan fingerprint density at radius 3 is 2.05 bits per heavy atom. The van der Waals surface area contributed by atoms with Crippen LogP contribution in [0.5, 0.6) is 11.5 Å². The summed E-state index contributed by atoms with van der Waals surface area (Å²) in [6.07, 6.45) is 0. The molecule has 1 N–H and O–H groups in total. The van der Waals surface area contributed by atoms with Gasteiger partial charge in [0.05, 0.1) is 36.7 Å². The first-order chi connectivity index (χ1) is 18.6. The van der Waals surface area contributed by atoms with Gasteiger partial charge in [-0.05, 0) is 41.5 Å². The SMILES string of the molecule is COc1ccc(-c2cc(C(=O)NC(c3ccccc3)c3ccccc3)n(-c3ccccc3Cl)n2)c(OC)c1. The van der Waals surface area contributed by atoms with E-state index in [9.17, 15) is 4.79 Å². The summed E-state index contributed by atoms with van der Waals surface area (Å²) in [7, 11) is 3.18. The van der Waals surface area contributed by atoms with Crippen molar-refractivity contribution in [2.75, 3.05) is 14.2 Å². The first-order valence-corrected chi connectivity index (χ1v) is 12.4. The van der Waals surface area contributed by atoms with E-state index >= 15 is 0 Å². The molecule has 1 amide bonds. The average Bonchev–Trinajstić information content (AvgIpc) is 3.41. The third-order valence-corrected chi connectivity index (χ3v) is 6.57. The molecule has 0 atom stereocenters. The Morgan fingerprint density at radius 1 is 0.816 bits per heavy atom. The van der Waals surface area contributed by atoms with Gasteiger partial charge in [-0.3, -0.25) is 4.79 Å². The summed E-state index contributed by atoms with van der Waals surface area (Å²) in [5, 5.41) is 8.49. The summed E-state index contributed by atoms with van der Waals surface area (Å²) in [6, 6.07) is 33.9. The third-order valence-electron chi connectivity index (χ3n) is 6.25. The normalized spacial score (nSPS) is 10.8. The highest BCUT2D eigenvalue weighted by Crippen LogP contribution is 2.34. The topological polar surface area (TPSA) is 65.4 Å². The van der Waals surface area contributed by atoms with Crippen LogP contribution in [0.1, 0.15) is 27.7 Å². The fourth-order valence-corrected chi connectivity index (χ4v) is 4.56. The smallest absolute Gasteiger partial charge is 0.270 e. The van der Waals surface area contributed by atoms with Gasteiger partial charge in [0.25, 0.3) is 5.91 Å². The number of carbonyl (C=O) groups excluding carboxylic acids is 1. The zero-order valence-corrected chi connectivity index (χ0v) is 21.7. The molecule has 0 fully saturated rings. The number of benzene rings is 4. The molecule has 0 unspecified atom stereocenters. The summed E-state index contributed by atoms with van der Waals surface area (Å²) >= 11 is 6.55. The molecule has 0 saturated heterocycles. The minimum absolute atomic E-state index is 0.297. The second-order valence-electron chi connectivity index (χ2n) is 8.57. The van der Waals surface area contributed by atoms with Crippen molar-refractivity contribution in [3.63, 3.8) is 0 Å². The Bertz CT molecular complexity index is 1510. The summed E-state index contributed by atoms with van der Waals surface area (Å²) < 4.78 is 12.5. The average molecular weight is 524 g/mol. The van der Waals surface area contributed by atoms with Crippen molar-refractivity contribution in [2.45, 2.75) is 6.04 Å². The van der Waals surface area contributed by atoms with Crippen molar-refractivity contribution in [2.24, 2.45) is 0 Å². The Morgan fingerprint density at radius 2 is 1.45 bits per heavy atom. The van der Waals surface area contributed by atoms with Gasteiger partial charge < -0.3 is 14.8 Å². The van der Waals surface area contributed by atoms with Gasteiger partial charge in [-0.2, -0.15) is 5.10 Å². The predicted molar refractivity (Wildman–Crippen MR) is 149 cm³/mol. The summed E-state index contributed by atoms with van der Waals surface area (Å²) in [6.45, 7) is 0. The van der Waals surface area contributed by atoms with Crippen LogP contribution < -0.4 is 14.8 Å². The molecular formula is C31H26ClN3O3. The van der Waals surface area contributed by atoms with E-state index in [1.165, 1.54) is 0 Å². The van der Waals surface area contributed by atoms with E-state index in [-0.39, 0.29) is 11.9 Å². The van der Waals surface area contributed by atoms with E-state index < -0.39 is 0 Å². The Kier molecular flexibility index (Phi) is 7.43. The number of rotatable bonds is 8. The molecule has 5 rings (SSSR count). The molecule has 0 spiro atoms. The highest BCUT2D eigenvalue weighted by molar-refractivity contribution is 6.32. The Balaban J connectivity index is 1.61. The lowest BCUT2D eigenvalue weighted by molar-refractivity contribution is 0.0935. The van der Waals surface area contributed by atoms with Crippen molar-refractivity contribution < 1.29 is 14.3 Å². The fraction of sp³-hybridized carbons (Fsp3) is 0.0968. The van der Waals surface area contributed by atoms with Crippen LogP contribution in [0.15, 0.2) is 109 Å². The lowest BCUT2D eigenvalue weighted by Crippen LogP contribution is -2.31. The number of para-hydroxylation sites is 1. The van der Waals surface area contributed by atoms with Gasteiger partial charge in [0.15, 0.2) is 0 Å². The molecule has 0 aliphatic heterocycles. The van der Waals surface area contributed by atoms with E-state index in [1.54, 1.807) is 37.1 Å². The van der Waals surface area contributed by atoms with E-state index in [0.717, 1.165) is 16.7 Å². The van der Waals surface area contributed by atoms with Gasteiger partial charge in [-0.1, -0.05) is 84.4 Å². The van der Waals surface area contributed by atoms with E-state index in [1.807, 2.05) is 91.0 Å². The predicted octanol–water partition coefficient (Wildman–Crippen LogP) is 6.73. The highest BCUT2D eigenvalue weighted by Gasteiger charge is 2.24. The standard InChI is InChI=1S/C31H26ClN3O3/c1-37-23-17-18-24(29(19-23)38-2)26-20-28(35(34-26)27-16-10-9-15-25(27)32)31(36)33-30(21-11-5-3-6-12-21)22-13-7-4-8-14-22/h3-20,30H,1-2H3,(H,33,36). The van der Waals surface area contributed by atoms with Gasteiger partial charge >= 0.3 is 0 Å². The van der Waals surface area contributed by atoms with E-state index in [2.05, 4.69) is 5.32 Å². The molecule has 0 aliphatic carbocycles. The van der Waals surface area contributed by atoms with Crippen LogP contribution in [0.2, 0.25) is 5.02 Å². The number of ether oxygens (including phenoxy) is 2. The number of hydrogen-bond acceptors (Lipinski definition) is 4. The number of carbonyl (C=O) groups is 1. The molecule has 0 saturated carbocycles. The molecule has 0 bridgehead atoms. The zero-order chi connectivity index (χ0) is 26.5. The molecule has 1 heterocycles. The quantitative estimate of drug-likeness (QED) is 0.245. The molecule has 0 aliphatic rings. The van der Waals surface area contributed by atoms with Crippen molar-refractivity contribution in [1.82, 2.24) is 15.1 Å². The van der Waals surface area contributed by atoms with Gasteiger partial charge in [0.2, 0.25) is 0 Å². The minimum Gasteiger partial charge on any atom is -0.497 e. The van der Waals surface area contributed by atoms with Crippen molar-refractivity contribution in [3.8, 4) is 28.4 Å². The molecule has 7 heteroatoms. The number of nitrogens with zero attached hydrogens (tertiary/aromatic N) is 2. The van der Waals surface area contributed by atoms with E-state index in [4.69, 9.17) is 26.2 Å². The molecule has 190 valence electrons. The maximum atomic E-state index is 13.9. The van der Waals surface area contributed by atoms with Crippen LogP contribution in [0.25, 0.3) is 16.9 Å². The number of nitrogens with one attached hydrogen (secondary N) is 1. The molecule has 38 heavy (non-hydrogen) atoms. The van der Waals surface area contributed by atoms with Crippen LogP contribution in [0.4, 0.5) is 0 Å². The lowest BCUT2D eigenvalue weighted by Gasteiger charge is -2.20. The van der Waals surface area contributed by atoms with Crippen LogP contribution in [0.3, 0.4) is 0 Å². The van der Waals surface area contributed by atoms with Crippen LogP contribution in [0, 0.1) is 0 Å². The van der Waals surface area contributed by atoms with Gasteiger partial charge in [0, 0.05) is 11.6 Å². The molecule has 5 aromatic rings. The number of hydrogen-bond donors (Lipinski definition) is 1. The van der Waals surface area contributed by atoms with Crippen molar-refractivity contribution in [1.29, 1.82) is 0 Å². The Labute approximate surface area is 226 Å². The summed E-state index contributed by atoms with van der Waals surface area (Å²) in [5.74, 6) is 0.933. The fourth-order valence-electron chi connectivity index (χ4n) is 4.35. The Hall–Kier alpha value is -4.55. The molecular weight excluding hydrogens is 498 g/mol. The number of amides is 1. The number of halogens is 1. The summed E-state index contributed by atoms with van der Waals surface area (Å²) in [4.78, 5) is 13.9. The monoisotopic (exact) mass is 523 g/mol. The molecule has 1 aromatic heterocycles. The molecule has 6 nitrogen and oxygen atoms in total.